The summed E-state index contributed by atoms with van der Waals surface area (Å²) in [6.07, 6.45) is 0.917. The van der Waals surface area contributed by atoms with Gasteiger partial charge in [0.05, 0.1) is 27.9 Å². The van der Waals surface area contributed by atoms with E-state index < -0.39 is 10.7 Å². The monoisotopic (exact) mass is 336 g/mol. The van der Waals surface area contributed by atoms with Crippen LogP contribution in [0.2, 0.25) is 0 Å². The second kappa shape index (κ2) is 7.01. The molecule has 3 rings (SSSR count). The van der Waals surface area contributed by atoms with Crippen LogP contribution >= 0.6 is 11.3 Å². The lowest BCUT2D eigenvalue weighted by Crippen LogP contribution is -2.31. The summed E-state index contributed by atoms with van der Waals surface area (Å²) < 4.78 is 14.2. The van der Waals surface area contributed by atoms with E-state index >= 15 is 0 Å². The lowest BCUT2D eigenvalue weighted by molar-refractivity contribution is -0.385. The Morgan fingerprint density at radius 3 is 2.87 bits per heavy atom. The number of non-ortho nitro benzene ring substituents is 1. The van der Waals surface area contributed by atoms with Crippen LogP contribution in [0.15, 0.2) is 29.1 Å². The minimum Gasteiger partial charge on any atom is -0.368 e. The fourth-order valence-electron chi connectivity index (χ4n) is 2.78. The number of thiazole rings is 1. The highest BCUT2D eigenvalue weighted by molar-refractivity contribution is 7.07. The molecule has 6 nitrogen and oxygen atoms in total. The summed E-state index contributed by atoms with van der Waals surface area (Å²) >= 11 is 1.58. The van der Waals surface area contributed by atoms with Gasteiger partial charge in [0.2, 0.25) is 0 Å². The van der Waals surface area contributed by atoms with Gasteiger partial charge in [0, 0.05) is 44.2 Å². The number of halogens is 1. The predicted octanol–water partition coefficient (Wildman–Crippen LogP) is 2.90. The number of nitro benzene ring substituents is 1. The van der Waals surface area contributed by atoms with Crippen LogP contribution < -0.4 is 4.90 Å². The molecule has 0 aliphatic carbocycles. The van der Waals surface area contributed by atoms with E-state index in [1.807, 2.05) is 15.8 Å². The van der Waals surface area contributed by atoms with Crippen LogP contribution in [-0.2, 0) is 6.54 Å². The van der Waals surface area contributed by atoms with E-state index in [9.17, 15) is 14.5 Å². The molecule has 0 atom stereocenters. The third-order valence-electron chi connectivity index (χ3n) is 3.94. The minimum absolute atomic E-state index is 0.216. The van der Waals surface area contributed by atoms with Crippen molar-refractivity contribution in [3.8, 4) is 0 Å². The van der Waals surface area contributed by atoms with Gasteiger partial charge in [-0.15, -0.1) is 11.3 Å². The van der Waals surface area contributed by atoms with Gasteiger partial charge in [0.1, 0.15) is 0 Å². The summed E-state index contributed by atoms with van der Waals surface area (Å²) in [4.78, 5) is 18.7. The molecule has 0 unspecified atom stereocenters. The SMILES string of the molecule is O=[N+]([O-])c1ccc(N2CCCN(Cc3cscn3)CC2)c(F)c1. The topological polar surface area (TPSA) is 62.5 Å². The van der Waals surface area contributed by atoms with Gasteiger partial charge in [-0.25, -0.2) is 9.37 Å². The van der Waals surface area contributed by atoms with Crippen LogP contribution in [0.25, 0.3) is 0 Å². The summed E-state index contributed by atoms with van der Waals surface area (Å²) in [7, 11) is 0. The van der Waals surface area contributed by atoms with Crippen molar-refractivity contribution in [2.24, 2.45) is 0 Å². The Morgan fingerprint density at radius 1 is 1.30 bits per heavy atom. The van der Waals surface area contributed by atoms with Gasteiger partial charge in [-0.3, -0.25) is 15.0 Å². The number of hydrogen-bond donors (Lipinski definition) is 0. The molecule has 1 aromatic heterocycles. The summed E-state index contributed by atoms with van der Waals surface area (Å²) in [5.41, 5.74) is 3.11. The molecule has 0 spiro atoms. The minimum atomic E-state index is -0.578. The Kier molecular flexibility index (Phi) is 4.82. The molecule has 2 aromatic rings. The van der Waals surface area contributed by atoms with Gasteiger partial charge in [-0.05, 0) is 12.5 Å². The molecule has 1 fully saturated rings. The van der Waals surface area contributed by atoms with E-state index in [4.69, 9.17) is 0 Å². The molecule has 0 N–H and O–H groups in total. The van der Waals surface area contributed by atoms with Gasteiger partial charge in [0.15, 0.2) is 5.82 Å². The second-order valence-corrected chi connectivity index (χ2v) is 6.21. The molecular weight excluding hydrogens is 319 g/mol. The maximum atomic E-state index is 14.2. The van der Waals surface area contributed by atoms with Crippen molar-refractivity contribution in [2.45, 2.75) is 13.0 Å². The Labute approximate surface area is 137 Å². The first-order valence-corrected chi connectivity index (χ1v) is 8.36. The van der Waals surface area contributed by atoms with Gasteiger partial charge >= 0.3 is 0 Å². The number of anilines is 1. The van der Waals surface area contributed by atoms with Crippen LogP contribution in [0.3, 0.4) is 0 Å². The third-order valence-corrected chi connectivity index (χ3v) is 4.58. The van der Waals surface area contributed by atoms with E-state index in [1.54, 1.807) is 11.3 Å². The van der Waals surface area contributed by atoms with Crippen LogP contribution in [0.1, 0.15) is 12.1 Å². The summed E-state index contributed by atoms with van der Waals surface area (Å²) in [6.45, 7) is 3.98. The van der Waals surface area contributed by atoms with Gasteiger partial charge in [-0.1, -0.05) is 0 Å². The fraction of sp³-hybridized carbons (Fsp3) is 0.400. The van der Waals surface area contributed by atoms with Crippen LogP contribution in [-0.4, -0.2) is 41.0 Å². The molecule has 0 radical (unpaired) electrons. The first-order valence-electron chi connectivity index (χ1n) is 7.42. The van der Waals surface area contributed by atoms with Crippen molar-refractivity contribution in [2.75, 3.05) is 31.1 Å². The molecule has 8 heteroatoms. The highest BCUT2D eigenvalue weighted by Crippen LogP contribution is 2.25. The van der Waals surface area contributed by atoms with Crippen molar-refractivity contribution in [1.82, 2.24) is 9.88 Å². The average molecular weight is 336 g/mol. The highest BCUT2D eigenvalue weighted by atomic mass is 32.1. The Balaban J connectivity index is 1.67. The molecule has 1 aromatic carbocycles. The lowest BCUT2D eigenvalue weighted by atomic mass is 10.2. The molecule has 23 heavy (non-hydrogen) atoms. The molecule has 0 amide bonds. The maximum Gasteiger partial charge on any atom is 0.272 e. The zero-order valence-electron chi connectivity index (χ0n) is 12.5. The molecule has 1 aliphatic rings. The Hall–Kier alpha value is -2.06. The first-order chi connectivity index (χ1) is 11.1. The molecule has 2 heterocycles. The lowest BCUT2D eigenvalue weighted by Gasteiger charge is -2.23. The average Bonchev–Trinajstić information content (AvgIpc) is 2.92. The van der Waals surface area contributed by atoms with E-state index in [0.29, 0.717) is 12.2 Å². The second-order valence-electron chi connectivity index (χ2n) is 5.49. The van der Waals surface area contributed by atoms with Crippen molar-refractivity contribution >= 4 is 22.7 Å². The van der Waals surface area contributed by atoms with Crippen molar-refractivity contribution in [3.63, 3.8) is 0 Å². The van der Waals surface area contributed by atoms with Crippen molar-refractivity contribution in [1.29, 1.82) is 0 Å². The van der Waals surface area contributed by atoms with Gasteiger partial charge in [0.25, 0.3) is 5.69 Å². The number of hydrogen-bond acceptors (Lipinski definition) is 6. The molecule has 1 aliphatic heterocycles. The Morgan fingerprint density at radius 2 is 2.17 bits per heavy atom. The summed E-state index contributed by atoms with van der Waals surface area (Å²) in [5.74, 6) is -0.535. The zero-order valence-corrected chi connectivity index (χ0v) is 13.3. The van der Waals surface area contributed by atoms with Crippen LogP contribution in [0, 0.1) is 15.9 Å². The standard InChI is InChI=1S/C15H17FN4O2S/c16-14-8-13(20(21)22)2-3-15(14)19-5-1-4-18(6-7-19)9-12-10-23-11-17-12/h2-3,8,10-11H,1,4-7,9H2. The zero-order chi connectivity index (χ0) is 16.2. The third kappa shape index (κ3) is 3.83. The van der Waals surface area contributed by atoms with E-state index in [0.717, 1.165) is 44.4 Å². The maximum absolute atomic E-state index is 14.2. The number of nitro groups is 1. The molecule has 0 saturated carbocycles. The van der Waals surface area contributed by atoms with E-state index in [-0.39, 0.29) is 5.69 Å². The number of rotatable bonds is 4. The summed E-state index contributed by atoms with van der Waals surface area (Å²) in [5, 5.41) is 12.7. The van der Waals surface area contributed by atoms with Crippen molar-refractivity contribution in [3.05, 3.63) is 50.7 Å². The largest absolute Gasteiger partial charge is 0.368 e. The van der Waals surface area contributed by atoms with Crippen LogP contribution in [0.5, 0.6) is 0 Å². The quantitative estimate of drug-likeness (QED) is 0.634. The molecular formula is C15H17FN4O2S. The Bertz CT molecular complexity index is 680. The van der Waals surface area contributed by atoms with Gasteiger partial charge in [-0.2, -0.15) is 0 Å². The normalized spacial score (nSPS) is 16.3. The smallest absolute Gasteiger partial charge is 0.272 e. The molecule has 0 bridgehead atoms. The summed E-state index contributed by atoms with van der Waals surface area (Å²) in [6, 6.07) is 3.85. The first kappa shape index (κ1) is 15.8. The highest BCUT2D eigenvalue weighted by Gasteiger charge is 2.20. The van der Waals surface area contributed by atoms with Gasteiger partial charge < -0.3 is 4.90 Å². The molecule has 1 saturated heterocycles. The number of aromatic nitrogens is 1. The van der Waals surface area contributed by atoms with E-state index in [2.05, 4.69) is 9.88 Å². The number of benzene rings is 1. The molecule has 122 valence electrons. The van der Waals surface area contributed by atoms with E-state index in [1.165, 1.54) is 12.1 Å². The fourth-order valence-corrected chi connectivity index (χ4v) is 3.33. The van der Waals surface area contributed by atoms with Crippen molar-refractivity contribution < 1.29 is 9.31 Å². The predicted molar refractivity (Wildman–Crippen MR) is 87.3 cm³/mol. The van der Waals surface area contributed by atoms with Crippen LogP contribution in [0.4, 0.5) is 15.8 Å². The number of nitrogens with zero attached hydrogens (tertiary/aromatic N) is 4.